The maximum absolute atomic E-state index is 11.3. The number of H-pyrrole nitrogens is 1. The fraction of sp³-hybridized carbons (Fsp3) is 0.0714. The molecule has 3 rings (SSSR count). The molecule has 0 aliphatic rings. The summed E-state index contributed by atoms with van der Waals surface area (Å²) in [7, 11) is 0. The number of nitrogens with one attached hydrogen (secondary N) is 2. The van der Waals surface area contributed by atoms with Gasteiger partial charge in [0.15, 0.2) is 5.82 Å². The Morgan fingerprint density at radius 2 is 2.00 bits per heavy atom. The number of halogens is 1. The van der Waals surface area contributed by atoms with Gasteiger partial charge in [-0.05, 0) is 31.2 Å². The first-order valence-corrected chi connectivity index (χ1v) is 6.64. The number of aromatic nitrogens is 4. The van der Waals surface area contributed by atoms with Crippen LogP contribution < -0.4 is 10.9 Å². The third kappa shape index (κ3) is 2.95. The molecule has 3 aromatic rings. The van der Waals surface area contributed by atoms with Crippen molar-refractivity contribution >= 4 is 23.1 Å². The normalized spacial score (nSPS) is 10.6. The fourth-order valence-electron chi connectivity index (χ4n) is 1.90. The number of aryl methyl sites for hydroxylation is 1. The zero-order chi connectivity index (χ0) is 14.8. The highest BCUT2D eigenvalue weighted by Gasteiger charge is 2.08. The summed E-state index contributed by atoms with van der Waals surface area (Å²) in [5.41, 5.74) is 1.50. The first-order valence-electron chi connectivity index (χ1n) is 6.27. The molecule has 7 heteroatoms. The van der Waals surface area contributed by atoms with Crippen molar-refractivity contribution in [1.82, 2.24) is 19.7 Å². The summed E-state index contributed by atoms with van der Waals surface area (Å²) in [4.78, 5) is 18.1. The van der Waals surface area contributed by atoms with Crippen LogP contribution in [0.25, 0.3) is 5.95 Å². The minimum atomic E-state index is -0.220. The average Bonchev–Trinajstić information content (AvgIpc) is 2.82. The average molecular weight is 302 g/mol. The van der Waals surface area contributed by atoms with Crippen LogP contribution in [-0.2, 0) is 0 Å². The number of anilines is 2. The lowest BCUT2D eigenvalue weighted by Gasteiger charge is -2.03. The molecule has 0 spiro atoms. The molecule has 2 aromatic heterocycles. The van der Waals surface area contributed by atoms with Gasteiger partial charge in [-0.15, -0.1) is 5.10 Å². The third-order valence-corrected chi connectivity index (χ3v) is 3.11. The van der Waals surface area contributed by atoms with E-state index < -0.39 is 0 Å². The molecule has 6 nitrogen and oxygen atoms in total. The van der Waals surface area contributed by atoms with Crippen LogP contribution in [-0.4, -0.2) is 19.7 Å². The Bertz CT molecular complexity index is 822. The Morgan fingerprint density at radius 3 is 2.71 bits per heavy atom. The molecule has 0 bridgehead atoms. The van der Waals surface area contributed by atoms with Gasteiger partial charge in [0.2, 0.25) is 5.95 Å². The summed E-state index contributed by atoms with van der Waals surface area (Å²) >= 11 is 5.85. The van der Waals surface area contributed by atoms with Gasteiger partial charge in [0, 0.05) is 34.7 Å². The fourth-order valence-corrected chi connectivity index (χ4v) is 2.02. The molecule has 0 aliphatic carbocycles. The molecule has 0 saturated heterocycles. The van der Waals surface area contributed by atoms with Gasteiger partial charge < -0.3 is 5.32 Å². The van der Waals surface area contributed by atoms with Crippen LogP contribution >= 0.6 is 11.6 Å². The molecule has 0 radical (unpaired) electrons. The van der Waals surface area contributed by atoms with E-state index in [1.807, 2.05) is 25.1 Å². The maximum atomic E-state index is 11.3. The second kappa shape index (κ2) is 5.41. The van der Waals surface area contributed by atoms with Crippen molar-refractivity contribution in [3.05, 3.63) is 63.7 Å². The van der Waals surface area contributed by atoms with Crippen LogP contribution in [0.2, 0.25) is 5.02 Å². The van der Waals surface area contributed by atoms with Gasteiger partial charge in [-0.25, -0.2) is 9.67 Å². The van der Waals surface area contributed by atoms with Crippen molar-refractivity contribution in [2.24, 2.45) is 0 Å². The lowest BCUT2D eigenvalue weighted by atomic mass is 10.3. The topological polar surface area (TPSA) is 75.6 Å². The molecule has 2 N–H and O–H groups in total. The monoisotopic (exact) mass is 301 g/mol. The Hall–Kier alpha value is -2.60. The van der Waals surface area contributed by atoms with E-state index in [0.717, 1.165) is 11.4 Å². The highest BCUT2D eigenvalue weighted by atomic mass is 35.5. The minimum Gasteiger partial charge on any atom is -0.339 e. The van der Waals surface area contributed by atoms with Gasteiger partial charge in [0.05, 0.1) is 0 Å². The van der Waals surface area contributed by atoms with Gasteiger partial charge >= 0.3 is 0 Å². The summed E-state index contributed by atoms with van der Waals surface area (Å²) < 4.78 is 1.57. The van der Waals surface area contributed by atoms with E-state index in [9.17, 15) is 4.79 Å². The van der Waals surface area contributed by atoms with E-state index in [0.29, 0.717) is 16.8 Å². The van der Waals surface area contributed by atoms with Crippen molar-refractivity contribution in [3.8, 4) is 5.95 Å². The lowest BCUT2D eigenvalue weighted by molar-refractivity contribution is 0.780. The van der Waals surface area contributed by atoms with E-state index in [-0.39, 0.29) is 5.56 Å². The largest absolute Gasteiger partial charge is 0.339 e. The van der Waals surface area contributed by atoms with Gasteiger partial charge in [-0.2, -0.15) is 0 Å². The summed E-state index contributed by atoms with van der Waals surface area (Å²) in [6, 6.07) is 10.5. The Kier molecular flexibility index (Phi) is 3.45. The number of benzene rings is 1. The smallest absolute Gasteiger partial charge is 0.252 e. The summed E-state index contributed by atoms with van der Waals surface area (Å²) in [6.45, 7) is 1.88. The van der Waals surface area contributed by atoms with Gasteiger partial charge in [0.25, 0.3) is 5.56 Å². The molecule has 0 aliphatic heterocycles. The second-order valence-corrected chi connectivity index (χ2v) is 4.91. The molecule has 0 amide bonds. The molecular weight excluding hydrogens is 290 g/mol. The molecule has 106 valence electrons. The zero-order valence-electron chi connectivity index (χ0n) is 11.2. The van der Waals surface area contributed by atoms with Gasteiger partial charge in [-0.3, -0.25) is 9.78 Å². The number of rotatable bonds is 3. The van der Waals surface area contributed by atoms with E-state index in [1.165, 1.54) is 12.3 Å². The SMILES string of the molecule is Cc1cc(Nc2ccc(Cl)cc2)nn1-c1nccc(=O)[nH]1. The minimum absolute atomic E-state index is 0.220. The van der Waals surface area contributed by atoms with Crippen molar-refractivity contribution in [1.29, 1.82) is 0 Å². The molecule has 0 unspecified atom stereocenters. The van der Waals surface area contributed by atoms with Crippen LogP contribution in [0.15, 0.2) is 47.4 Å². The van der Waals surface area contributed by atoms with Crippen LogP contribution in [0.5, 0.6) is 0 Å². The van der Waals surface area contributed by atoms with E-state index in [4.69, 9.17) is 11.6 Å². The summed E-state index contributed by atoms with van der Waals surface area (Å²) in [6.07, 6.45) is 1.45. The van der Waals surface area contributed by atoms with Gasteiger partial charge in [0.1, 0.15) is 0 Å². The second-order valence-electron chi connectivity index (χ2n) is 4.47. The van der Waals surface area contributed by atoms with Crippen LogP contribution in [0.4, 0.5) is 11.5 Å². The quantitative estimate of drug-likeness (QED) is 0.780. The van der Waals surface area contributed by atoms with Crippen LogP contribution in [0.3, 0.4) is 0 Å². The molecule has 0 fully saturated rings. The third-order valence-electron chi connectivity index (χ3n) is 2.86. The molecule has 0 atom stereocenters. The van der Waals surface area contributed by atoms with Crippen LogP contribution in [0, 0.1) is 6.92 Å². The van der Waals surface area contributed by atoms with Crippen molar-refractivity contribution in [3.63, 3.8) is 0 Å². The maximum Gasteiger partial charge on any atom is 0.252 e. The van der Waals surface area contributed by atoms with E-state index in [2.05, 4.69) is 20.4 Å². The van der Waals surface area contributed by atoms with Crippen molar-refractivity contribution in [2.45, 2.75) is 6.92 Å². The molecule has 0 saturated carbocycles. The molecular formula is C14H12ClN5O. The predicted octanol–water partition coefficient (Wildman–Crippen LogP) is 2.66. The standard InChI is InChI=1S/C14H12ClN5O/c1-9-8-12(17-11-4-2-10(15)3-5-11)19-20(9)14-16-7-6-13(21)18-14/h2-8H,1H3,(H,17,19)(H,16,18,21). The van der Waals surface area contributed by atoms with Crippen molar-refractivity contribution < 1.29 is 0 Å². The molecule has 1 aromatic carbocycles. The highest BCUT2D eigenvalue weighted by Crippen LogP contribution is 2.19. The first kappa shape index (κ1) is 13.4. The number of hydrogen-bond donors (Lipinski definition) is 2. The first-order chi connectivity index (χ1) is 10.1. The van der Waals surface area contributed by atoms with Gasteiger partial charge in [-0.1, -0.05) is 11.6 Å². The number of nitrogens with zero attached hydrogens (tertiary/aromatic N) is 3. The van der Waals surface area contributed by atoms with E-state index in [1.54, 1.807) is 16.8 Å². The summed E-state index contributed by atoms with van der Waals surface area (Å²) in [5.74, 6) is 1.03. The molecule has 21 heavy (non-hydrogen) atoms. The Labute approximate surface area is 125 Å². The highest BCUT2D eigenvalue weighted by molar-refractivity contribution is 6.30. The predicted molar refractivity (Wildman–Crippen MR) is 81.5 cm³/mol. The zero-order valence-corrected chi connectivity index (χ0v) is 11.9. The summed E-state index contributed by atoms with van der Waals surface area (Å²) in [5, 5.41) is 8.22. The molecule has 2 heterocycles. The number of aromatic amines is 1. The van der Waals surface area contributed by atoms with Crippen molar-refractivity contribution in [2.75, 3.05) is 5.32 Å². The van der Waals surface area contributed by atoms with Crippen LogP contribution in [0.1, 0.15) is 5.69 Å². The Morgan fingerprint density at radius 1 is 1.24 bits per heavy atom. The van der Waals surface area contributed by atoms with E-state index >= 15 is 0 Å². The Balaban J connectivity index is 1.91. The number of hydrogen-bond acceptors (Lipinski definition) is 4. The lowest BCUT2D eigenvalue weighted by Crippen LogP contribution is -2.12.